The van der Waals surface area contributed by atoms with Crippen molar-refractivity contribution >= 4 is 39.6 Å². The van der Waals surface area contributed by atoms with Crippen LogP contribution in [0, 0.1) is 0 Å². The van der Waals surface area contributed by atoms with E-state index in [0.29, 0.717) is 21.9 Å². The Kier molecular flexibility index (Phi) is 4.29. The highest BCUT2D eigenvalue weighted by molar-refractivity contribution is 9.10. The van der Waals surface area contributed by atoms with Crippen LogP contribution in [0.15, 0.2) is 22.7 Å². The maximum absolute atomic E-state index is 11.5. The molecule has 0 aromatic heterocycles. The van der Waals surface area contributed by atoms with Crippen LogP contribution in [-0.2, 0) is 0 Å². The van der Waals surface area contributed by atoms with Gasteiger partial charge in [-0.1, -0.05) is 22.0 Å². The second-order valence-electron chi connectivity index (χ2n) is 2.72. The third-order valence-corrected chi connectivity index (χ3v) is 2.63. The lowest BCUT2D eigenvalue weighted by Gasteiger charge is -2.02. The molecule has 0 saturated carbocycles. The van der Waals surface area contributed by atoms with E-state index in [1.54, 1.807) is 18.2 Å². The number of carbonyl (C=O) groups excluding carboxylic acids is 2. The van der Waals surface area contributed by atoms with Gasteiger partial charge in [0.1, 0.15) is 6.29 Å². The summed E-state index contributed by atoms with van der Waals surface area (Å²) in [6, 6.07) is 4.89. The first-order valence-corrected chi connectivity index (χ1v) is 5.35. The van der Waals surface area contributed by atoms with Crippen molar-refractivity contribution in [3.63, 3.8) is 0 Å². The van der Waals surface area contributed by atoms with Gasteiger partial charge in [0.2, 0.25) is 0 Å². The fraction of sp³-hybridized carbons (Fsp3) is 0.200. The molecule has 0 saturated heterocycles. The van der Waals surface area contributed by atoms with Crippen molar-refractivity contribution in [3.8, 4) is 0 Å². The van der Waals surface area contributed by atoms with Crippen LogP contribution in [-0.4, -0.2) is 17.9 Å². The van der Waals surface area contributed by atoms with Crippen molar-refractivity contribution in [2.75, 3.05) is 5.88 Å². The lowest BCUT2D eigenvalue weighted by Crippen LogP contribution is -2.01. The van der Waals surface area contributed by atoms with Gasteiger partial charge in [-0.05, 0) is 12.1 Å². The summed E-state index contributed by atoms with van der Waals surface area (Å²) in [4.78, 5) is 22.0. The molecule has 0 bridgehead atoms. The van der Waals surface area contributed by atoms with Gasteiger partial charge in [-0.2, -0.15) is 0 Å². The minimum Gasteiger partial charge on any atom is -0.298 e. The predicted octanol–water partition coefficient (Wildman–Crippen LogP) is 3.07. The Balaban J connectivity index is 3.05. The molecule has 14 heavy (non-hydrogen) atoms. The van der Waals surface area contributed by atoms with Crippen LogP contribution in [0.3, 0.4) is 0 Å². The molecule has 0 N–H and O–H groups in total. The van der Waals surface area contributed by atoms with E-state index < -0.39 is 0 Å². The van der Waals surface area contributed by atoms with E-state index in [9.17, 15) is 9.59 Å². The van der Waals surface area contributed by atoms with Crippen molar-refractivity contribution in [2.24, 2.45) is 0 Å². The number of benzene rings is 1. The highest BCUT2D eigenvalue weighted by Gasteiger charge is 2.09. The van der Waals surface area contributed by atoms with Crippen LogP contribution in [0.5, 0.6) is 0 Å². The molecule has 0 spiro atoms. The molecular formula is C10H8BrClO2. The lowest BCUT2D eigenvalue weighted by atomic mass is 10.1. The third-order valence-electron chi connectivity index (χ3n) is 1.75. The molecule has 0 aliphatic carbocycles. The fourth-order valence-electron chi connectivity index (χ4n) is 1.05. The number of Topliss-reactive ketones (excluding diaryl/α,β-unsaturated/α-hetero) is 1. The van der Waals surface area contributed by atoms with Crippen LogP contribution >= 0.6 is 27.5 Å². The number of halogens is 2. The van der Waals surface area contributed by atoms with Crippen LogP contribution in [0.2, 0.25) is 0 Å². The Labute approximate surface area is 95.4 Å². The highest BCUT2D eigenvalue weighted by Crippen LogP contribution is 2.19. The number of aldehydes is 1. The zero-order valence-corrected chi connectivity index (χ0v) is 9.64. The first kappa shape index (κ1) is 11.4. The molecule has 0 radical (unpaired) electrons. The smallest absolute Gasteiger partial charge is 0.165 e. The molecule has 74 valence electrons. The molecule has 0 fully saturated rings. The summed E-state index contributed by atoms with van der Waals surface area (Å²) in [5.41, 5.74) is 1.00. The van der Waals surface area contributed by atoms with E-state index >= 15 is 0 Å². The van der Waals surface area contributed by atoms with Gasteiger partial charge >= 0.3 is 0 Å². The number of rotatable bonds is 4. The van der Waals surface area contributed by atoms with E-state index in [-0.39, 0.29) is 18.1 Å². The molecule has 0 atom stereocenters. The van der Waals surface area contributed by atoms with Gasteiger partial charge in [-0.15, -0.1) is 11.6 Å². The minimum atomic E-state index is -0.0597. The SMILES string of the molecule is O=Cc1ccc(Br)c(C(=O)CCCl)c1. The van der Waals surface area contributed by atoms with Gasteiger partial charge in [0, 0.05) is 27.9 Å². The predicted molar refractivity (Wildman–Crippen MR) is 59.2 cm³/mol. The van der Waals surface area contributed by atoms with Gasteiger partial charge in [0.15, 0.2) is 5.78 Å². The lowest BCUT2D eigenvalue weighted by molar-refractivity contribution is 0.0988. The number of ketones is 1. The van der Waals surface area contributed by atoms with E-state index in [1.807, 2.05) is 0 Å². The van der Waals surface area contributed by atoms with E-state index in [0.717, 1.165) is 0 Å². The van der Waals surface area contributed by atoms with Gasteiger partial charge < -0.3 is 0 Å². The number of alkyl halides is 1. The van der Waals surface area contributed by atoms with Crippen LogP contribution in [0.1, 0.15) is 27.1 Å². The Bertz CT molecular complexity index is 363. The molecule has 1 rings (SSSR count). The summed E-state index contributed by atoms with van der Waals surface area (Å²) in [6.07, 6.45) is 0.992. The molecule has 0 aliphatic rings. The molecular weight excluding hydrogens is 267 g/mol. The first-order chi connectivity index (χ1) is 6.69. The van der Waals surface area contributed by atoms with E-state index in [2.05, 4.69) is 15.9 Å². The Morgan fingerprint density at radius 1 is 1.50 bits per heavy atom. The summed E-state index contributed by atoms with van der Waals surface area (Å²) in [7, 11) is 0. The van der Waals surface area contributed by atoms with Crippen LogP contribution in [0.25, 0.3) is 0 Å². The summed E-state index contributed by atoms with van der Waals surface area (Å²) in [5.74, 6) is 0.229. The largest absolute Gasteiger partial charge is 0.298 e. The van der Waals surface area contributed by atoms with Gasteiger partial charge in [0.25, 0.3) is 0 Å². The van der Waals surface area contributed by atoms with E-state index in [4.69, 9.17) is 11.6 Å². The molecule has 1 aromatic rings. The van der Waals surface area contributed by atoms with Crippen LogP contribution in [0.4, 0.5) is 0 Å². The van der Waals surface area contributed by atoms with Gasteiger partial charge in [-0.3, -0.25) is 9.59 Å². The van der Waals surface area contributed by atoms with Crippen molar-refractivity contribution in [1.82, 2.24) is 0 Å². The van der Waals surface area contributed by atoms with Crippen LogP contribution < -0.4 is 0 Å². The molecule has 1 aromatic carbocycles. The zero-order valence-electron chi connectivity index (χ0n) is 7.30. The number of hydrogen-bond donors (Lipinski definition) is 0. The minimum absolute atomic E-state index is 0.0597. The quantitative estimate of drug-likeness (QED) is 0.481. The standard InChI is InChI=1S/C10H8BrClO2/c11-9-2-1-7(6-13)5-8(9)10(14)3-4-12/h1-2,5-6H,3-4H2. The Hall–Kier alpha value is -0.670. The average Bonchev–Trinajstić information content (AvgIpc) is 2.19. The molecule has 2 nitrogen and oxygen atoms in total. The molecule has 4 heteroatoms. The maximum atomic E-state index is 11.5. The summed E-state index contributed by atoms with van der Waals surface area (Å²) in [6.45, 7) is 0. The van der Waals surface area contributed by atoms with Crippen molar-refractivity contribution in [3.05, 3.63) is 33.8 Å². The second kappa shape index (κ2) is 5.27. The summed E-state index contributed by atoms with van der Waals surface area (Å²) < 4.78 is 0.693. The average molecular weight is 276 g/mol. The summed E-state index contributed by atoms with van der Waals surface area (Å²) >= 11 is 8.72. The molecule has 0 unspecified atom stereocenters. The highest BCUT2D eigenvalue weighted by atomic mass is 79.9. The van der Waals surface area contributed by atoms with Crippen molar-refractivity contribution in [1.29, 1.82) is 0 Å². The molecule has 0 aliphatic heterocycles. The second-order valence-corrected chi connectivity index (χ2v) is 3.95. The monoisotopic (exact) mass is 274 g/mol. The van der Waals surface area contributed by atoms with Gasteiger partial charge in [0.05, 0.1) is 0 Å². The Morgan fingerprint density at radius 2 is 2.21 bits per heavy atom. The Morgan fingerprint density at radius 3 is 2.79 bits per heavy atom. The topological polar surface area (TPSA) is 34.1 Å². The van der Waals surface area contributed by atoms with Crippen molar-refractivity contribution < 1.29 is 9.59 Å². The maximum Gasteiger partial charge on any atom is 0.165 e. The first-order valence-electron chi connectivity index (χ1n) is 4.03. The molecule has 0 heterocycles. The fourth-order valence-corrected chi connectivity index (χ4v) is 1.69. The van der Waals surface area contributed by atoms with Gasteiger partial charge in [-0.25, -0.2) is 0 Å². The normalized spacial score (nSPS) is 9.86. The van der Waals surface area contributed by atoms with E-state index in [1.165, 1.54) is 0 Å². The summed E-state index contributed by atoms with van der Waals surface area (Å²) in [5, 5.41) is 0. The number of carbonyl (C=O) groups is 2. The third kappa shape index (κ3) is 2.66. The zero-order chi connectivity index (χ0) is 10.6. The van der Waals surface area contributed by atoms with Crippen molar-refractivity contribution in [2.45, 2.75) is 6.42 Å². The molecule has 0 amide bonds. The number of hydrogen-bond acceptors (Lipinski definition) is 2.